The van der Waals surface area contributed by atoms with Crippen molar-refractivity contribution in [3.8, 4) is 0 Å². The van der Waals surface area contributed by atoms with Gasteiger partial charge in [-0.05, 0) is 83.5 Å². The summed E-state index contributed by atoms with van der Waals surface area (Å²) in [5.41, 5.74) is 0. The lowest BCUT2D eigenvalue weighted by Gasteiger charge is -2.41. The maximum Gasteiger partial charge on any atom is 0.306 e. The van der Waals surface area contributed by atoms with Crippen LogP contribution in [0.1, 0.15) is 265 Å². The van der Waals surface area contributed by atoms with Crippen molar-refractivity contribution >= 4 is 11.9 Å². The lowest BCUT2D eigenvalue weighted by molar-refractivity contribution is -0.305. The number of allylic oxidation sites excluding steroid dienone is 15. The van der Waals surface area contributed by atoms with Gasteiger partial charge < -0.3 is 45.1 Å². The normalized spacial score (nSPS) is 19.4. The van der Waals surface area contributed by atoms with Crippen LogP contribution in [0.15, 0.2) is 97.2 Å². The number of carbonyl (C=O) groups is 2. The van der Waals surface area contributed by atoms with Gasteiger partial charge in [-0.2, -0.15) is 0 Å². The van der Waals surface area contributed by atoms with Crippen molar-refractivity contribution in [2.24, 2.45) is 0 Å². The minimum Gasteiger partial charge on any atom is -0.454 e. The zero-order chi connectivity index (χ0) is 58.2. The number of carbonyl (C=O) groups excluding carboxylic acids is 2. The summed E-state index contributed by atoms with van der Waals surface area (Å²) in [6.07, 6.45) is 64.4. The van der Waals surface area contributed by atoms with E-state index in [0.717, 1.165) is 96.3 Å². The van der Waals surface area contributed by atoms with Gasteiger partial charge in [-0.25, -0.2) is 0 Å². The Labute approximate surface area is 488 Å². The van der Waals surface area contributed by atoms with E-state index in [1.165, 1.54) is 122 Å². The van der Waals surface area contributed by atoms with E-state index in [9.17, 15) is 35.1 Å². The van der Waals surface area contributed by atoms with Gasteiger partial charge in [-0.1, -0.05) is 272 Å². The van der Waals surface area contributed by atoms with Gasteiger partial charge in [0.2, 0.25) is 5.91 Å². The molecule has 1 fully saturated rings. The Bertz CT molecular complexity index is 1670. The SMILES string of the molecule is CC/C=C/C=C/C=C/C=C\CCCCCCCC(=O)OC1C(OCC(NC(=O)C(O)CCCCCCCCCCCCC/C=C\C/C=C\C/C=C\CCCCC)C(O)/C=C/CCCCCCCCCCCC)OC(CO)C(O)C1O. The third-order valence-corrected chi connectivity index (χ3v) is 14.8. The Morgan fingerprint density at radius 3 is 1.49 bits per heavy atom. The first-order valence-electron chi connectivity index (χ1n) is 32.6. The Hall–Kier alpha value is -3.42. The number of hydrogen-bond acceptors (Lipinski definition) is 10. The van der Waals surface area contributed by atoms with Crippen LogP contribution >= 0.6 is 0 Å². The predicted octanol–water partition coefficient (Wildman–Crippen LogP) is 15.9. The molecule has 1 aliphatic rings. The van der Waals surface area contributed by atoms with Crippen LogP contribution in [0, 0.1) is 0 Å². The molecule has 460 valence electrons. The van der Waals surface area contributed by atoms with Crippen LogP contribution in [0.2, 0.25) is 0 Å². The fraction of sp³-hybridized carbons (Fsp3) is 0.739. The molecule has 1 aliphatic heterocycles. The zero-order valence-electron chi connectivity index (χ0n) is 50.9. The molecule has 11 heteroatoms. The second-order valence-corrected chi connectivity index (χ2v) is 22.2. The summed E-state index contributed by atoms with van der Waals surface area (Å²) in [6.45, 7) is 5.61. The summed E-state index contributed by atoms with van der Waals surface area (Å²) >= 11 is 0. The first kappa shape index (κ1) is 74.6. The molecule has 1 rings (SSSR count). The van der Waals surface area contributed by atoms with Crippen molar-refractivity contribution in [3.05, 3.63) is 97.2 Å². The second-order valence-electron chi connectivity index (χ2n) is 22.2. The predicted molar refractivity (Wildman–Crippen MR) is 333 cm³/mol. The molecule has 0 bridgehead atoms. The monoisotopic (exact) mass is 1120 g/mol. The average molecular weight is 1120 g/mol. The average Bonchev–Trinajstić information content (AvgIpc) is 3.48. The highest BCUT2D eigenvalue weighted by Crippen LogP contribution is 2.26. The molecule has 80 heavy (non-hydrogen) atoms. The Morgan fingerprint density at radius 2 is 0.950 bits per heavy atom. The second kappa shape index (κ2) is 56.1. The minimum atomic E-state index is -1.63. The van der Waals surface area contributed by atoms with Crippen LogP contribution in [0.25, 0.3) is 0 Å². The van der Waals surface area contributed by atoms with Crippen molar-refractivity contribution in [3.63, 3.8) is 0 Å². The number of unbranched alkanes of at least 4 members (excludes halogenated alkanes) is 29. The van der Waals surface area contributed by atoms with E-state index in [-0.39, 0.29) is 19.4 Å². The molecule has 8 unspecified atom stereocenters. The molecule has 0 aliphatic carbocycles. The van der Waals surface area contributed by atoms with Crippen LogP contribution < -0.4 is 5.32 Å². The molecule has 0 radical (unpaired) electrons. The molecule has 0 aromatic heterocycles. The van der Waals surface area contributed by atoms with Crippen molar-refractivity contribution in [2.45, 2.75) is 314 Å². The summed E-state index contributed by atoms with van der Waals surface area (Å²) in [4.78, 5) is 26.6. The first-order valence-corrected chi connectivity index (χ1v) is 32.6. The number of nitrogens with one attached hydrogen (secondary N) is 1. The quantitative estimate of drug-likeness (QED) is 0.0149. The van der Waals surface area contributed by atoms with Crippen molar-refractivity contribution in [1.82, 2.24) is 5.32 Å². The van der Waals surface area contributed by atoms with Gasteiger partial charge in [0.15, 0.2) is 12.4 Å². The van der Waals surface area contributed by atoms with E-state index in [0.29, 0.717) is 12.8 Å². The Balaban J connectivity index is 2.63. The Kier molecular flexibility index (Phi) is 52.3. The fourth-order valence-electron chi connectivity index (χ4n) is 9.67. The number of esters is 1. The molecular formula is C69H119NO10. The van der Waals surface area contributed by atoms with E-state index in [1.54, 1.807) is 6.08 Å². The maximum absolute atomic E-state index is 13.5. The summed E-state index contributed by atoms with van der Waals surface area (Å²) in [5, 5.41) is 57.0. The highest BCUT2D eigenvalue weighted by Gasteiger charge is 2.47. The molecule has 0 aromatic rings. The summed E-state index contributed by atoms with van der Waals surface area (Å²) in [6, 6.07) is -1.04. The van der Waals surface area contributed by atoms with Gasteiger partial charge in [0.05, 0.1) is 25.4 Å². The number of hydrogen-bond donors (Lipinski definition) is 6. The number of rotatable bonds is 54. The van der Waals surface area contributed by atoms with Crippen LogP contribution in [0.5, 0.6) is 0 Å². The molecule has 6 N–H and O–H groups in total. The van der Waals surface area contributed by atoms with Crippen LogP contribution in [-0.2, 0) is 23.8 Å². The fourth-order valence-corrected chi connectivity index (χ4v) is 9.67. The first-order chi connectivity index (χ1) is 39.2. The highest BCUT2D eigenvalue weighted by molar-refractivity contribution is 5.80. The van der Waals surface area contributed by atoms with Gasteiger partial charge in [0.1, 0.15) is 24.4 Å². The topological polar surface area (TPSA) is 175 Å². The summed E-state index contributed by atoms with van der Waals surface area (Å²) in [7, 11) is 0. The summed E-state index contributed by atoms with van der Waals surface area (Å²) < 4.78 is 17.6. The number of ether oxygens (including phenoxy) is 3. The molecule has 11 nitrogen and oxygen atoms in total. The number of aliphatic hydroxyl groups is 5. The van der Waals surface area contributed by atoms with Gasteiger partial charge in [0, 0.05) is 6.42 Å². The van der Waals surface area contributed by atoms with Crippen LogP contribution in [-0.4, -0.2) is 99.6 Å². The Morgan fingerprint density at radius 1 is 0.512 bits per heavy atom. The maximum atomic E-state index is 13.5. The van der Waals surface area contributed by atoms with E-state index in [4.69, 9.17) is 14.2 Å². The van der Waals surface area contributed by atoms with Crippen molar-refractivity contribution in [2.75, 3.05) is 13.2 Å². The van der Waals surface area contributed by atoms with Crippen LogP contribution in [0.4, 0.5) is 0 Å². The van der Waals surface area contributed by atoms with Gasteiger partial charge in [-0.3, -0.25) is 9.59 Å². The molecule has 8 atom stereocenters. The largest absolute Gasteiger partial charge is 0.454 e. The minimum absolute atomic E-state index is 0.0933. The van der Waals surface area contributed by atoms with Gasteiger partial charge in [0.25, 0.3) is 0 Å². The number of amides is 1. The lowest BCUT2D eigenvalue weighted by atomic mass is 9.99. The van der Waals surface area contributed by atoms with E-state index >= 15 is 0 Å². The molecule has 0 spiro atoms. The molecule has 1 heterocycles. The third-order valence-electron chi connectivity index (χ3n) is 14.8. The standard InChI is InChI=1S/C69H119NO10/c1-4-7-10-13-16-19-22-25-27-28-29-30-31-32-33-34-35-37-38-41-44-47-50-53-56-62(73)68(77)70-60(61(72)55-52-49-46-43-40-24-21-18-15-12-9-6-3)59-78-69-67(66(76)65(75)63(58-71)79-69)80-64(74)57-54-51-48-45-42-39-36-26-23-20-17-14-11-8-5-2/h8,11,14,16-17,19-20,23,25-27,29-30,36,52,55,60-63,65-67,69,71-73,75-76H,4-7,9-10,12-13,15,18,21-22,24,28,31-35,37-51,53-54,56-59H2,1-3H3,(H,70,77)/b11-8+,17-14+,19-16-,23-20+,27-25-,30-29-,36-26-,55-52+. The highest BCUT2D eigenvalue weighted by atomic mass is 16.7. The van der Waals surface area contributed by atoms with Crippen molar-refractivity contribution in [1.29, 1.82) is 0 Å². The molecule has 1 amide bonds. The third kappa shape index (κ3) is 43.3. The smallest absolute Gasteiger partial charge is 0.306 e. The van der Waals surface area contributed by atoms with Crippen LogP contribution in [0.3, 0.4) is 0 Å². The van der Waals surface area contributed by atoms with E-state index in [1.807, 2.05) is 42.5 Å². The van der Waals surface area contributed by atoms with Crippen molar-refractivity contribution < 1.29 is 49.3 Å². The lowest BCUT2D eigenvalue weighted by Crippen LogP contribution is -2.61. The van der Waals surface area contributed by atoms with E-state index < -0.39 is 67.4 Å². The molecule has 1 saturated heterocycles. The van der Waals surface area contributed by atoms with E-state index in [2.05, 4.69) is 74.7 Å². The number of aliphatic hydroxyl groups excluding tert-OH is 5. The zero-order valence-corrected chi connectivity index (χ0v) is 50.9. The van der Waals surface area contributed by atoms with Gasteiger partial charge >= 0.3 is 5.97 Å². The molecular weight excluding hydrogens is 1000 g/mol. The molecule has 0 aromatic carbocycles. The molecule has 0 saturated carbocycles. The van der Waals surface area contributed by atoms with Gasteiger partial charge in [-0.15, -0.1) is 0 Å². The summed E-state index contributed by atoms with van der Waals surface area (Å²) in [5.74, 6) is -1.22.